The van der Waals surface area contributed by atoms with Crippen LogP contribution in [0.15, 0.2) is 17.1 Å². The zero-order valence-electron chi connectivity index (χ0n) is 16.5. The van der Waals surface area contributed by atoms with Crippen LogP contribution in [0.1, 0.15) is 29.7 Å². The lowest BCUT2D eigenvalue weighted by atomic mass is 10.1. The molecular weight excluding hydrogens is 478 g/mol. The minimum absolute atomic E-state index is 0.0447. The van der Waals surface area contributed by atoms with E-state index in [2.05, 4.69) is 10.1 Å². The summed E-state index contributed by atoms with van der Waals surface area (Å²) in [5, 5.41) is 13.0. The lowest BCUT2D eigenvalue weighted by Crippen LogP contribution is -2.20. The van der Waals surface area contributed by atoms with Gasteiger partial charge in [-0.1, -0.05) is 23.2 Å². The normalized spacial score (nSPS) is 15.8. The summed E-state index contributed by atoms with van der Waals surface area (Å²) in [4.78, 5) is 5.83. The number of sulfone groups is 1. The van der Waals surface area contributed by atoms with Crippen molar-refractivity contribution in [1.29, 1.82) is 5.26 Å². The molecule has 0 radical (unpaired) electrons. The van der Waals surface area contributed by atoms with E-state index in [0.29, 0.717) is 12.1 Å². The molecule has 7 nitrogen and oxygen atoms in total. The van der Waals surface area contributed by atoms with E-state index in [-0.39, 0.29) is 45.6 Å². The summed E-state index contributed by atoms with van der Waals surface area (Å²) in [6.07, 6.45) is -1.77. The fourth-order valence-corrected chi connectivity index (χ4v) is 5.25. The minimum atomic E-state index is -4.68. The Balaban J connectivity index is 2.37. The van der Waals surface area contributed by atoms with Gasteiger partial charge >= 0.3 is 6.18 Å². The van der Waals surface area contributed by atoms with E-state index in [1.54, 1.807) is 19.0 Å². The molecule has 1 heterocycles. The van der Waals surface area contributed by atoms with Gasteiger partial charge in [0.2, 0.25) is 0 Å². The van der Waals surface area contributed by atoms with E-state index >= 15 is 0 Å². The third-order valence-electron chi connectivity index (χ3n) is 4.80. The summed E-state index contributed by atoms with van der Waals surface area (Å²) in [5.74, 6) is -0.0447. The molecule has 31 heavy (non-hydrogen) atoms. The van der Waals surface area contributed by atoms with Crippen LogP contribution >= 0.6 is 23.2 Å². The molecule has 0 unspecified atom stereocenters. The smallest absolute Gasteiger partial charge is 0.369 e. The molecule has 1 aromatic carbocycles. The van der Waals surface area contributed by atoms with Crippen LogP contribution in [0.5, 0.6) is 0 Å². The van der Waals surface area contributed by atoms with Gasteiger partial charge in [0.1, 0.15) is 16.5 Å². The van der Waals surface area contributed by atoms with Gasteiger partial charge in [0.05, 0.1) is 27.5 Å². The third-order valence-corrected chi connectivity index (χ3v) is 7.41. The van der Waals surface area contributed by atoms with Crippen LogP contribution in [-0.2, 0) is 20.8 Å². The molecule has 0 amide bonds. The molecule has 1 aliphatic carbocycles. The summed E-state index contributed by atoms with van der Waals surface area (Å²) >= 11 is 12.3. The van der Waals surface area contributed by atoms with Crippen LogP contribution in [-0.4, -0.2) is 49.8 Å². The molecule has 0 atom stereocenters. The molecule has 0 saturated heterocycles. The number of nitrogens with zero attached hydrogens (tertiary/aromatic N) is 5. The lowest BCUT2D eigenvalue weighted by Gasteiger charge is -2.16. The summed E-state index contributed by atoms with van der Waals surface area (Å²) in [5.41, 5.74) is -1.36. The molecule has 166 valence electrons. The molecule has 1 saturated carbocycles. The average Bonchev–Trinajstić information content (AvgIpc) is 3.35. The Labute approximate surface area is 186 Å². The van der Waals surface area contributed by atoms with Crippen LogP contribution in [0.3, 0.4) is 0 Å². The standard InChI is InChI=1S/C18H16Cl2F3N5O2S/c1-27(2)9-25-16-14(17(4-5-17)31(3,29)30)13(8-24)26-28(16)15-11(19)6-10(7-12(15)20)18(21,22)23/h6-7,9H,4-5H2,1-3H3. The Morgan fingerprint density at radius 2 is 1.84 bits per heavy atom. The van der Waals surface area contributed by atoms with Crippen molar-refractivity contribution < 1.29 is 21.6 Å². The molecular formula is C18H16Cl2F3N5O2S. The largest absolute Gasteiger partial charge is 0.416 e. The maximum Gasteiger partial charge on any atom is 0.416 e. The first-order valence-electron chi connectivity index (χ1n) is 8.73. The van der Waals surface area contributed by atoms with E-state index in [0.717, 1.165) is 10.9 Å². The van der Waals surface area contributed by atoms with Crippen molar-refractivity contribution in [2.75, 3.05) is 20.4 Å². The monoisotopic (exact) mass is 493 g/mol. The second kappa shape index (κ2) is 7.69. The number of hydrogen-bond donors (Lipinski definition) is 0. The van der Waals surface area contributed by atoms with Crippen LogP contribution in [0.25, 0.3) is 5.69 Å². The highest BCUT2D eigenvalue weighted by Crippen LogP contribution is 2.56. The molecule has 0 aliphatic heterocycles. The van der Waals surface area contributed by atoms with Crippen molar-refractivity contribution in [3.05, 3.63) is 39.0 Å². The number of aromatic nitrogens is 2. The first kappa shape index (κ1) is 23.4. The number of alkyl halides is 3. The van der Waals surface area contributed by atoms with Gasteiger partial charge < -0.3 is 4.90 Å². The van der Waals surface area contributed by atoms with Crippen molar-refractivity contribution in [2.45, 2.75) is 23.8 Å². The minimum Gasteiger partial charge on any atom is -0.369 e. The maximum absolute atomic E-state index is 13.1. The third kappa shape index (κ3) is 4.12. The first-order chi connectivity index (χ1) is 14.2. The quantitative estimate of drug-likeness (QED) is 0.456. The Morgan fingerprint density at radius 3 is 2.23 bits per heavy atom. The van der Waals surface area contributed by atoms with Gasteiger partial charge in [0.25, 0.3) is 0 Å². The van der Waals surface area contributed by atoms with Gasteiger partial charge in [0.15, 0.2) is 21.3 Å². The number of benzene rings is 1. The number of aliphatic imine (C=N–C) groups is 1. The molecule has 13 heteroatoms. The first-order valence-corrected chi connectivity index (χ1v) is 11.4. The maximum atomic E-state index is 13.1. The zero-order chi connectivity index (χ0) is 23.4. The van der Waals surface area contributed by atoms with Crippen LogP contribution in [0, 0.1) is 11.3 Å². The summed E-state index contributed by atoms with van der Waals surface area (Å²) in [7, 11) is -0.333. The summed E-state index contributed by atoms with van der Waals surface area (Å²) < 4.78 is 64.0. The van der Waals surface area contributed by atoms with E-state index < -0.39 is 26.3 Å². The van der Waals surface area contributed by atoms with E-state index in [9.17, 15) is 26.9 Å². The SMILES string of the molecule is CN(C)C=Nc1c(C2(S(C)(=O)=O)CC2)c(C#N)nn1-c1c(Cl)cc(C(F)(F)F)cc1Cl. The molecule has 0 spiro atoms. The van der Waals surface area contributed by atoms with E-state index in [1.807, 2.05) is 6.07 Å². The van der Waals surface area contributed by atoms with Crippen molar-refractivity contribution in [3.8, 4) is 11.8 Å². The van der Waals surface area contributed by atoms with Crippen LogP contribution in [0.4, 0.5) is 19.0 Å². The molecule has 0 bridgehead atoms. The van der Waals surface area contributed by atoms with Crippen LogP contribution in [0.2, 0.25) is 10.0 Å². The number of hydrogen-bond acceptors (Lipinski definition) is 5. The average molecular weight is 494 g/mol. The van der Waals surface area contributed by atoms with Gasteiger partial charge in [-0.25, -0.2) is 18.1 Å². The second-order valence-electron chi connectivity index (χ2n) is 7.33. The van der Waals surface area contributed by atoms with Crippen molar-refractivity contribution >= 4 is 45.2 Å². The van der Waals surface area contributed by atoms with Gasteiger partial charge in [0, 0.05) is 20.4 Å². The van der Waals surface area contributed by atoms with E-state index in [1.165, 1.54) is 6.34 Å². The molecule has 3 rings (SSSR count). The molecule has 1 fully saturated rings. The van der Waals surface area contributed by atoms with Crippen molar-refractivity contribution in [1.82, 2.24) is 14.7 Å². The predicted molar refractivity (Wildman–Crippen MR) is 111 cm³/mol. The van der Waals surface area contributed by atoms with Gasteiger partial charge in [-0.2, -0.15) is 23.5 Å². The topological polar surface area (TPSA) is 91.3 Å². The molecule has 2 aromatic rings. The second-order valence-corrected chi connectivity index (χ2v) is 10.5. The molecule has 0 N–H and O–H groups in total. The van der Waals surface area contributed by atoms with E-state index in [4.69, 9.17) is 23.2 Å². The number of rotatable bonds is 5. The highest BCUT2D eigenvalue weighted by Gasteiger charge is 2.57. The van der Waals surface area contributed by atoms with Gasteiger partial charge in [-0.05, 0) is 25.0 Å². The van der Waals surface area contributed by atoms with Crippen molar-refractivity contribution in [3.63, 3.8) is 0 Å². The Morgan fingerprint density at radius 1 is 1.29 bits per heavy atom. The number of nitriles is 1. The van der Waals surface area contributed by atoms with Gasteiger partial charge in [-0.15, -0.1) is 0 Å². The fraction of sp³-hybridized carbons (Fsp3) is 0.389. The Hall–Kier alpha value is -2.29. The fourth-order valence-electron chi connectivity index (χ4n) is 3.20. The predicted octanol–water partition coefficient (Wildman–Crippen LogP) is 4.32. The van der Waals surface area contributed by atoms with Crippen LogP contribution < -0.4 is 0 Å². The summed E-state index contributed by atoms with van der Waals surface area (Å²) in [6.45, 7) is 0. The Kier molecular flexibility index (Phi) is 5.80. The number of halogens is 5. The van der Waals surface area contributed by atoms with Gasteiger partial charge in [-0.3, -0.25) is 0 Å². The highest BCUT2D eigenvalue weighted by atomic mass is 35.5. The Bertz CT molecular complexity index is 1200. The highest BCUT2D eigenvalue weighted by molar-refractivity contribution is 7.92. The summed E-state index contributed by atoms with van der Waals surface area (Å²) in [6, 6.07) is 3.22. The van der Waals surface area contributed by atoms with Crippen molar-refractivity contribution in [2.24, 2.45) is 4.99 Å². The molecule has 1 aromatic heterocycles. The zero-order valence-corrected chi connectivity index (χ0v) is 18.8. The lowest BCUT2D eigenvalue weighted by molar-refractivity contribution is -0.137. The molecule has 1 aliphatic rings.